The van der Waals surface area contributed by atoms with Gasteiger partial charge in [0.25, 0.3) is 0 Å². The Labute approximate surface area is 113 Å². The number of fused-ring (bicyclic) bond motifs is 1. The fourth-order valence-electron chi connectivity index (χ4n) is 1.45. The van der Waals surface area contributed by atoms with Crippen LogP contribution in [0.2, 0.25) is 0 Å². The summed E-state index contributed by atoms with van der Waals surface area (Å²) in [7, 11) is 0. The summed E-state index contributed by atoms with van der Waals surface area (Å²) in [6, 6.07) is 1.93. The fourth-order valence-corrected chi connectivity index (χ4v) is 1.90. The number of ether oxygens (including phenoxy) is 1. The number of amides is 1. The Morgan fingerprint density at radius 2 is 2.17 bits per heavy atom. The van der Waals surface area contributed by atoms with E-state index in [1.807, 2.05) is 37.4 Å². The monoisotopic (exact) mass is 311 g/mol. The Kier molecular flexibility index (Phi) is 3.30. The van der Waals surface area contributed by atoms with Crippen molar-refractivity contribution >= 4 is 33.4 Å². The van der Waals surface area contributed by atoms with Gasteiger partial charge in [-0.25, -0.2) is 9.78 Å². The molecule has 0 aliphatic rings. The molecule has 0 unspecified atom stereocenters. The summed E-state index contributed by atoms with van der Waals surface area (Å²) in [4.78, 5) is 15.7. The Bertz CT molecular complexity index is 587. The topological polar surface area (TPSA) is 55.6 Å². The second-order valence-electron chi connectivity index (χ2n) is 4.89. The number of anilines is 1. The van der Waals surface area contributed by atoms with Gasteiger partial charge in [0, 0.05) is 10.7 Å². The van der Waals surface area contributed by atoms with Crippen molar-refractivity contribution in [1.29, 1.82) is 0 Å². The third-order valence-corrected chi connectivity index (χ3v) is 2.51. The largest absolute Gasteiger partial charge is 0.444 e. The number of hydrogen-bond donors (Lipinski definition) is 1. The van der Waals surface area contributed by atoms with Gasteiger partial charge < -0.3 is 9.14 Å². The number of carbonyl (C=O) groups excluding carboxylic acids is 1. The van der Waals surface area contributed by atoms with E-state index in [4.69, 9.17) is 4.74 Å². The lowest BCUT2D eigenvalue weighted by Crippen LogP contribution is -2.27. The van der Waals surface area contributed by atoms with E-state index < -0.39 is 11.7 Å². The molecular formula is C12H14BrN3O2. The summed E-state index contributed by atoms with van der Waals surface area (Å²) in [6.07, 6.45) is 4.78. The highest BCUT2D eigenvalue weighted by Crippen LogP contribution is 2.17. The van der Waals surface area contributed by atoms with Gasteiger partial charge >= 0.3 is 6.09 Å². The van der Waals surface area contributed by atoms with Crippen LogP contribution in [0.5, 0.6) is 0 Å². The minimum absolute atomic E-state index is 0.444. The first-order chi connectivity index (χ1) is 8.33. The van der Waals surface area contributed by atoms with E-state index in [0.29, 0.717) is 5.82 Å². The highest BCUT2D eigenvalue weighted by Gasteiger charge is 2.16. The van der Waals surface area contributed by atoms with Crippen molar-refractivity contribution in [2.75, 3.05) is 5.32 Å². The van der Waals surface area contributed by atoms with Crippen LogP contribution in [-0.4, -0.2) is 21.1 Å². The molecule has 0 aromatic carbocycles. The van der Waals surface area contributed by atoms with Gasteiger partial charge in [-0.3, -0.25) is 5.32 Å². The predicted molar refractivity (Wildman–Crippen MR) is 72.7 cm³/mol. The molecule has 2 heterocycles. The number of carbonyl (C=O) groups is 1. The summed E-state index contributed by atoms with van der Waals surface area (Å²) < 4.78 is 7.97. The molecule has 0 atom stereocenters. The first kappa shape index (κ1) is 12.9. The van der Waals surface area contributed by atoms with Crippen LogP contribution in [0, 0.1) is 0 Å². The average Bonchev–Trinajstić information content (AvgIpc) is 2.53. The van der Waals surface area contributed by atoms with E-state index in [0.717, 1.165) is 9.99 Å². The fraction of sp³-hybridized carbons (Fsp3) is 0.333. The number of aromatic nitrogens is 2. The number of hydrogen-bond acceptors (Lipinski definition) is 3. The minimum atomic E-state index is -0.523. The van der Waals surface area contributed by atoms with E-state index in [1.165, 1.54) is 0 Å². The molecule has 0 fully saturated rings. The molecule has 1 amide bonds. The lowest BCUT2D eigenvalue weighted by atomic mass is 10.2. The van der Waals surface area contributed by atoms with Crippen molar-refractivity contribution in [2.24, 2.45) is 0 Å². The molecule has 5 nitrogen and oxygen atoms in total. The van der Waals surface area contributed by atoms with Crippen LogP contribution in [0.15, 0.2) is 29.1 Å². The zero-order valence-electron chi connectivity index (χ0n) is 10.4. The van der Waals surface area contributed by atoms with E-state index in [9.17, 15) is 4.79 Å². The molecule has 0 saturated heterocycles. The van der Waals surface area contributed by atoms with Crippen molar-refractivity contribution in [3.05, 3.63) is 29.1 Å². The third kappa shape index (κ3) is 3.22. The highest BCUT2D eigenvalue weighted by atomic mass is 79.9. The van der Waals surface area contributed by atoms with Crippen LogP contribution in [0.25, 0.3) is 5.52 Å². The Morgan fingerprint density at radius 1 is 1.44 bits per heavy atom. The van der Waals surface area contributed by atoms with Gasteiger partial charge in [-0.1, -0.05) is 0 Å². The molecule has 0 bridgehead atoms. The molecule has 0 radical (unpaired) electrons. The normalized spacial score (nSPS) is 11.6. The lowest BCUT2D eigenvalue weighted by Gasteiger charge is -2.19. The summed E-state index contributed by atoms with van der Waals surface area (Å²) in [5.41, 5.74) is 0.418. The van der Waals surface area contributed by atoms with Crippen LogP contribution >= 0.6 is 15.9 Å². The number of rotatable bonds is 1. The molecule has 18 heavy (non-hydrogen) atoms. The van der Waals surface area contributed by atoms with Crippen molar-refractivity contribution in [2.45, 2.75) is 26.4 Å². The first-order valence-electron chi connectivity index (χ1n) is 5.47. The minimum Gasteiger partial charge on any atom is -0.444 e. The molecule has 2 rings (SSSR count). The van der Waals surface area contributed by atoms with E-state index in [-0.39, 0.29) is 0 Å². The third-order valence-electron chi connectivity index (χ3n) is 2.07. The predicted octanol–water partition coefficient (Wildman–Crippen LogP) is 3.44. The van der Waals surface area contributed by atoms with Gasteiger partial charge in [0.05, 0.1) is 17.9 Å². The number of halogens is 1. The lowest BCUT2D eigenvalue weighted by molar-refractivity contribution is 0.0635. The second-order valence-corrected chi connectivity index (χ2v) is 5.81. The zero-order valence-corrected chi connectivity index (χ0v) is 12.0. The molecular weight excluding hydrogens is 298 g/mol. The van der Waals surface area contributed by atoms with Crippen LogP contribution < -0.4 is 5.32 Å². The molecule has 2 aromatic rings. The van der Waals surface area contributed by atoms with Crippen LogP contribution in [0.3, 0.4) is 0 Å². The highest BCUT2D eigenvalue weighted by molar-refractivity contribution is 9.10. The van der Waals surface area contributed by atoms with Crippen molar-refractivity contribution < 1.29 is 9.53 Å². The maximum Gasteiger partial charge on any atom is 0.413 e. The molecule has 0 spiro atoms. The maximum atomic E-state index is 11.6. The van der Waals surface area contributed by atoms with Gasteiger partial charge in [-0.2, -0.15) is 0 Å². The smallest absolute Gasteiger partial charge is 0.413 e. The molecule has 0 aliphatic heterocycles. The van der Waals surface area contributed by atoms with Crippen molar-refractivity contribution in [3.63, 3.8) is 0 Å². The van der Waals surface area contributed by atoms with Gasteiger partial charge in [0.1, 0.15) is 5.60 Å². The zero-order chi connectivity index (χ0) is 13.3. The number of nitrogens with one attached hydrogen (secondary N) is 1. The molecule has 0 aliphatic carbocycles. The van der Waals surface area contributed by atoms with Crippen LogP contribution in [0.1, 0.15) is 20.8 Å². The Morgan fingerprint density at radius 3 is 2.83 bits per heavy atom. The molecule has 2 aromatic heterocycles. The van der Waals surface area contributed by atoms with Crippen LogP contribution in [0.4, 0.5) is 10.6 Å². The first-order valence-corrected chi connectivity index (χ1v) is 6.26. The Hall–Kier alpha value is -1.56. The Balaban J connectivity index is 2.14. The van der Waals surface area contributed by atoms with E-state index in [1.54, 1.807) is 12.4 Å². The van der Waals surface area contributed by atoms with Gasteiger partial charge in [-0.15, -0.1) is 0 Å². The SMILES string of the molecule is CC(C)(C)OC(=O)Nc1cn2cc(Br)cc2cn1. The van der Waals surface area contributed by atoms with E-state index >= 15 is 0 Å². The van der Waals surface area contributed by atoms with Gasteiger partial charge in [-0.05, 0) is 42.8 Å². The summed E-state index contributed by atoms with van der Waals surface area (Å²) >= 11 is 3.38. The quantitative estimate of drug-likeness (QED) is 0.877. The van der Waals surface area contributed by atoms with E-state index in [2.05, 4.69) is 26.2 Å². The standard InChI is InChI=1S/C12H14BrN3O2/c1-12(2,3)18-11(17)15-10-7-16-6-8(13)4-9(16)5-14-10/h4-7H,1-3H3,(H,15,17). The van der Waals surface area contributed by atoms with Crippen molar-refractivity contribution in [3.8, 4) is 0 Å². The molecule has 0 saturated carbocycles. The molecule has 1 N–H and O–H groups in total. The van der Waals surface area contributed by atoms with Crippen LogP contribution in [-0.2, 0) is 4.74 Å². The number of nitrogens with zero attached hydrogens (tertiary/aromatic N) is 2. The van der Waals surface area contributed by atoms with Gasteiger partial charge in [0.15, 0.2) is 5.82 Å². The van der Waals surface area contributed by atoms with Gasteiger partial charge in [0.2, 0.25) is 0 Å². The summed E-state index contributed by atoms with van der Waals surface area (Å²) in [5, 5.41) is 2.59. The average molecular weight is 312 g/mol. The molecule has 96 valence electrons. The molecule has 6 heteroatoms. The van der Waals surface area contributed by atoms with Crippen molar-refractivity contribution in [1.82, 2.24) is 9.38 Å². The summed E-state index contributed by atoms with van der Waals surface area (Å²) in [5.74, 6) is 0.444. The summed E-state index contributed by atoms with van der Waals surface area (Å²) in [6.45, 7) is 5.44. The maximum absolute atomic E-state index is 11.6. The second kappa shape index (κ2) is 4.61.